The van der Waals surface area contributed by atoms with E-state index in [1.165, 1.54) is 24.8 Å². The minimum Gasteiger partial charge on any atom is -0.454 e. The number of hydrogen-bond donors (Lipinski definition) is 2. The Labute approximate surface area is 171 Å². The average molecular weight is 399 g/mol. The van der Waals surface area contributed by atoms with Crippen LogP contribution in [0.1, 0.15) is 50.4 Å². The first-order valence-corrected chi connectivity index (χ1v) is 10.5. The minimum absolute atomic E-state index is 0.0696. The number of nitrogens with zero attached hydrogens (tertiary/aromatic N) is 4. The van der Waals surface area contributed by atoms with Crippen molar-refractivity contribution < 1.29 is 9.47 Å². The summed E-state index contributed by atoms with van der Waals surface area (Å²) in [5.74, 6) is 3.34. The molecule has 29 heavy (non-hydrogen) atoms. The monoisotopic (exact) mass is 398 g/mol. The van der Waals surface area contributed by atoms with Crippen LogP contribution in [0, 0.1) is 0 Å². The highest BCUT2D eigenvalue weighted by molar-refractivity contribution is 5.79. The number of aromatic nitrogens is 3. The molecule has 2 heterocycles. The predicted octanol–water partition coefficient (Wildman–Crippen LogP) is 2.50. The Morgan fingerprint density at radius 2 is 2.00 bits per heavy atom. The summed E-state index contributed by atoms with van der Waals surface area (Å²) in [6.07, 6.45) is 7.64. The largest absolute Gasteiger partial charge is 0.454 e. The van der Waals surface area contributed by atoms with Gasteiger partial charge in [0.15, 0.2) is 17.5 Å². The number of hydrogen-bond acceptors (Lipinski definition) is 5. The number of aliphatic imine (C=N–C) groups is 1. The average Bonchev–Trinajstić information content (AvgIpc) is 3.39. The molecule has 0 bridgehead atoms. The molecule has 2 aliphatic rings. The third kappa shape index (κ3) is 4.31. The molecule has 0 spiro atoms. The Balaban J connectivity index is 1.51. The molecule has 0 radical (unpaired) electrons. The highest BCUT2D eigenvalue weighted by atomic mass is 16.7. The van der Waals surface area contributed by atoms with Crippen molar-refractivity contribution in [2.45, 2.75) is 51.0 Å². The number of rotatable bonds is 6. The molecule has 2 aromatic rings. The molecule has 8 heteroatoms. The molecule has 0 unspecified atom stereocenters. The molecule has 1 saturated carbocycles. The molecule has 1 aromatic carbocycles. The van der Waals surface area contributed by atoms with E-state index < -0.39 is 0 Å². The van der Waals surface area contributed by atoms with Gasteiger partial charge in [0.05, 0.1) is 0 Å². The van der Waals surface area contributed by atoms with E-state index >= 15 is 0 Å². The molecular formula is C21H30N6O2. The molecule has 0 atom stereocenters. The highest BCUT2D eigenvalue weighted by Gasteiger charge is 2.35. The van der Waals surface area contributed by atoms with E-state index in [-0.39, 0.29) is 5.41 Å². The maximum atomic E-state index is 5.64. The number of ether oxygens (including phenoxy) is 2. The van der Waals surface area contributed by atoms with E-state index in [4.69, 9.17) is 14.5 Å². The molecule has 1 aromatic heterocycles. The summed E-state index contributed by atoms with van der Waals surface area (Å²) in [7, 11) is 1.88. The van der Waals surface area contributed by atoms with E-state index in [0.29, 0.717) is 13.3 Å². The van der Waals surface area contributed by atoms with Crippen molar-refractivity contribution in [2.75, 3.05) is 19.9 Å². The summed E-state index contributed by atoms with van der Waals surface area (Å²) in [6.45, 7) is 4.51. The Morgan fingerprint density at radius 3 is 2.76 bits per heavy atom. The van der Waals surface area contributed by atoms with Gasteiger partial charge in [-0.1, -0.05) is 25.3 Å². The molecule has 8 nitrogen and oxygen atoms in total. The fraction of sp³-hybridized carbons (Fsp3) is 0.571. The lowest BCUT2D eigenvalue weighted by Crippen LogP contribution is -2.46. The van der Waals surface area contributed by atoms with Gasteiger partial charge in [0, 0.05) is 25.6 Å². The first-order valence-electron chi connectivity index (χ1n) is 10.5. The van der Waals surface area contributed by atoms with Gasteiger partial charge in [-0.2, -0.15) is 5.10 Å². The van der Waals surface area contributed by atoms with Crippen LogP contribution in [0.3, 0.4) is 0 Å². The second kappa shape index (κ2) is 8.71. The zero-order chi connectivity index (χ0) is 20.1. The topological polar surface area (TPSA) is 85.6 Å². The Bertz CT molecular complexity index is 857. The number of nitrogens with one attached hydrogen (secondary N) is 2. The number of benzene rings is 1. The van der Waals surface area contributed by atoms with Crippen LogP contribution >= 0.6 is 0 Å². The van der Waals surface area contributed by atoms with Crippen molar-refractivity contribution >= 4 is 5.96 Å². The zero-order valence-corrected chi connectivity index (χ0v) is 17.3. The third-order valence-corrected chi connectivity index (χ3v) is 5.92. The maximum absolute atomic E-state index is 5.64. The molecule has 1 aliphatic heterocycles. The third-order valence-electron chi connectivity index (χ3n) is 5.92. The molecule has 156 valence electrons. The molecule has 0 amide bonds. The molecule has 1 fully saturated rings. The number of guanidine groups is 1. The predicted molar refractivity (Wildman–Crippen MR) is 111 cm³/mol. The Hall–Kier alpha value is -2.77. The van der Waals surface area contributed by atoms with E-state index in [1.807, 2.05) is 13.1 Å². The summed E-state index contributed by atoms with van der Waals surface area (Å²) < 4.78 is 12.9. The zero-order valence-electron chi connectivity index (χ0n) is 17.3. The SMILES string of the molecule is CCNC(=NCc1ncnn1C)NCC1(c2ccc3c(c2)OCO3)CCCCC1. The van der Waals surface area contributed by atoms with Crippen molar-refractivity contribution in [3.05, 3.63) is 35.9 Å². The van der Waals surface area contributed by atoms with E-state index in [2.05, 4.69) is 39.8 Å². The summed E-state index contributed by atoms with van der Waals surface area (Å²) >= 11 is 0. The van der Waals surface area contributed by atoms with Crippen LogP contribution in [-0.4, -0.2) is 40.6 Å². The molecule has 1 aliphatic carbocycles. The van der Waals surface area contributed by atoms with Gasteiger partial charge in [0.25, 0.3) is 0 Å². The van der Waals surface area contributed by atoms with Crippen LogP contribution in [0.2, 0.25) is 0 Å². The van der Waals surface area contributed by atoms with Crippen LogP contribution in [0.5, 0.6) is 11.5 Å². The van der Waals surface area contributed by atoms with Crippen molar-refractivity contribution in [1.29, 1.82) is 0 Å². The van der Waals surface area contributed by atoms with Crippen molar-refractivity contribution in [3.63, 3.8) is 0 Å². The van der Waals surface area contributed by atoms with Crippen molar-refractivity contribution in [2.24, 2.45) is 12.0 Å². The van der Waals surface area contributed by atoms with Gasteiger partial charge < -0.3 is 20.1 Å². The quantitative estimate of drug-likeness (QED) is 0.574. The Kier molecular flexibility index (Phi) is 5.87. The van der Waals surface area contributed by atoms with Gasteiger partial charge in [-0.05, 0) is 37.5 Å². The fourth-order valence-corrected chi connectivity index (χ4v) is 4.23. The van der Waals surface area contributed by atoms with Gasteiger partial charge in [-0.3, -0.25) is 4.68 Å². The standard InChI is InChI=1S/C21H30N6O2/c1-3-22-20(23-12-19-25-14-26-27(19)2)24-13-21(9-5-4-6-10-21)16-7-8-17-18(11-16)29-15-28-17/h7-8,11,14H,3-6,9-10,12-13,15H2,1-2H3,(H2,22,23,24). The second-order valence-electron chi connectivity index (χ2n) is 7.76. The molecule has 4 rings (SSSR count). The number of aryl methyl sites for hydroxylation is 1. The van der Waals surface area contributed by atoms with Gasteiger partial charge in [-0.15, -0.1) is 0 Å². The van der Waals surface area contributed by atoms with Gasteiger partial charge in [0.1, 0.15) is 18.7 Å². The van der Waals surface area contributed by atoms with Gasteiger partial charge >= 0.3 is 0 Å². The lowest BCUT2D eigenvalue weighted by Gasteiger charge is -2.38. The summed E-state index contributed by atoms with van der Waals surface area (Å²) in [4.78, 5) is 8.97. The van der Waals surface area contributed by atoms with Crippen molar-refractivity contribution in [3.8, 4) is 11.5 Å². The van der Waals surface area contributed by atoms with Crippen LogP contribution < -0.4 is 20.1 Å². The fourth-order valence-electron chi connectivity index (χ4n) is 4.23. The first-order chi connectivity index (χ1) is 14.2. The summed E-state index contributed by atoms with van der Waals surface area (Å²) in [6, 6.07) is 6.41. The van der Waals surface area contributed by atoms with E-state index in [0.717, 1.165) is 49.2 Å². The van der Waals surface area contributed by atoms with E-state index in [9.17, 15) is 0 Å². The lowest BCUT2D eigenvalue weighted by molar-refractivity contribution is 0.174. The van der Waals surface area contributed by atoms with Crippen LogP contribution in [0.4, 0.5) is 0 Å². The first kappa shape index (κ1) is 19.5. The maximum Gasteiger partial charge on any atom is 0.231 e. The van der Waals surface area contributed by atoms with Crippen LogP contribution in [0.15, 0.2) is 29.5 Å². The molecular weight excluding hydrogens is 368 g/mol. The normalized spacial score (nSPS) is 17.9. The lowest BCUT2D eigenvalue weighted by atomic mass is 9.69. The van der Waals surface area contributed by atoms with Gasteiger partial charge in [-0.25, -0.2) is 9.98 Å². The smallest absolute Gasteiger partial charge is 0.231 e. The van der Waals surface area contributed by atoms with Crippen molar-refractivity contribution in [1.82, 2.24) is 25.4 Å². The second-order valence-corrected chi connectivity index (χ2v) is 7.76. The van der Waals surface area contributed by atoms with Crippen LogP contribution in [0.25, 0.3) is 0 Å². The Morgan fingerprint density at radius 1 is 1.17 bits per heavy atom. The van der Waals surface area contributed by atoms with Gasteiger partial charge in [0.2, 0.25) is 6.79 Å². The van der Waals surface area contributed by atoms with Crippen LogP contribution in [-0.2, 0) is 19.0 Å². The summed E-state index contributed by atoms with van der Waals surface area (Å²) in [5, 5.41) is 11.1. The highest BCUT2D eigenvalue weighted by Crippen LogP contribution is 2.43. The number of fused-ring (bicyclic) bond motifs is 1. The summed E-state index contributed by atoms with van der Waals surface area (Å²) in [5.41, 5.74) is 1.39. The van der Waals surface area contributed by atoms with E-state index in [1.54, 1.807) is 11.0 Å². The molecule has 2 N–H and O–H groups in total. The molecule has 0 saturated heterocycles. The minimum atomic E-state index is 0.0696.